The maximum Gasteiger partial charge on any atom is 0.230 e. The Bertz CT molecular complexity index is 687. The molecule has 2 rings (SSSR count). The van der Waals surface area contributed by atoms with Crippen LogP contribution in [0.4, 0.5) is 4.39 Å². The zero-order valence-electron chi connectivity index (χ0n) is 17.5. The lowest BCUT2D eigenvalue weighted by Crippen LogP contribution is -2.49. The van der Waals surface area contributed by atoms with Crippen molar-refractivity contribution in [2.24, 2.45) is 10.4 Å². The van der Waals surface area contributed by atoms with Gasteiger partial charge in [-0.3, -0.25) is 4.79 Å². The minimum atomic E-state index is -0.348. The van der Waals surface area contributed by atoms with Gasteiger partial charge in [-0.05, 0) is 49.3 Å². The van der Waals surface area contributed by atoms with Gasteiger partial charge in [0, 0.05) is 32.9 Å². The van der Waals surface area contributed by atoms with Gasteiger partial charge in [-0.2, -0.15) is 11.8 Å². The Balaban J connectivity index is 2.11. The van der Waals surface area contributed by atoms with Crippen molar-refractivity contribution in [1.82, 2.24) is 15.5 Å². The fourth-order valence-electron chi connectivity index (χ4n) is 3.79. The van der Waals surface area contributed by atoms with E-state index >= 15 is 0 Å². The minimum absolute atomic E-state index is 0.189. The van der Waals surface area contributed by atoms with Gasteiger partial charge in [0.2, 0.25) is 5.91 Å². The average Bonchev–Trinajstić information content (AvgIpc) is 3.15. The second kappa shape index (κ2) is 10.7. The fraction of sp³-hybridized carbons (Fsp3) is 0.619. The van der Waals surface area contributed by atoms with E-state index in [1.165, 1.54) is 6.07 Å². The summed E-state index contributed by atoms with van der Waals surface area (Å²) >= 11 is 1.67. The highest BCUT2D eigenvalue weighted by atomic mass is 32.2. The van der Waals surface area contributed by atoms with Crippen molar-refractivity contribution in [1.29, 1.82) is 0 Å². The van der Waals surface area contributed by atoms with E-state index in [0.717, 1.165) is 49.1 Å². The van der Waals surface area contributed by atoms with Gasteiger partial charge in [0.05, 0.1) is 12.0 Å². The molecular weight excluding hydrogens is 375 g/mol. The van der Waals surface area contributed by atoms with Crippen molar-refractivity contribution < 1.29 is 9.18 Å². The highest BCUT2D eigenvalue weighted by Crippen LogP contribution is 2.38. The van der Waals surface area contributed by atoms with E-state index in [9.17, 15) is 9.18 Å². The summed E-state index contributed by atoms with van der Waals surface area (Å²) in [5, 5.41) is 6.64. The summed E-state index contributed by atoms with van der Waals surface area (Å²) in [7, 11) is 3.65. The summed E-state index contributed by atoms with van der Waals surface area (Å²) < 4.78 is 13.6. The fourth-order valence-corrected chi connectivity index (χ4v) is 4.37. The Kier molecular flexibility index (Phi) is 8.60. The maximum absolute atomic E-state index is 13.6. The van der Waals surface area contributed by atoms with Crippen LogP contribution < -0.4 is 10.6 Å². The third-order valence-electron chi connectivity index (χ3n) is 5.23. The van der Waals surface area contributed by atoms with Gasteiger partial charge >= 0.3 is 0 Å². The van der Waals surface area contributed by atoms with E-state index in [2.05, 4.69) is 10.6 Å². The average molecular weight is 409 g/mol. The molecule has 1 aliphatic rings. The molecule has 1 aliphatic carbocycles. The van der Waals surface area contributed by atoms with Gasteiger partial charge in [-0.1, -0.05) is 18.9 Å². The van der Waals surface area contributed by atoms with E-state index in [1.807, 2.05) is 33.3 Å². The number of amides is 1. The van der Waals surface area contributed by atoms with E-state index in [4.69, 9.17) is 4.99 Å². The van der Waals surface area contributed by atoms with Gasteiger partial charge in [0.1, 0.15) is 5.82 Å². The van der Waals surface area contributed by atoms with E-state index < -0.39 is 0 Å². The highest BCUT2D eigenvalue weighted by Gasteiger charge is 2.42. The summed E-state index contributed by atoms with van der Waals surface area (Å²) in [5.74, 6) is 1.42. The topological polar surface area (TPSA) is 56.7 Å². The molecule has 1 saturated carbocycles. The second-order valence-corrected chi connectivity index (χ2v) is 8.45. The van der Waals surface area contributed by atoms with Crippen molar-refractivity contribution in [3.8, 4) is 0 Å². The van der Waals surface area contributed by atoms with Crippen molar-refractivity contribution in [2.75, 3.05) is 33.4 Å². The summed E-state index contributed by atoms with van der Waals surface area (Å²) in [6, 6.07) is 4.88. The standard InChI is InChI=1S/C21H33FN4OS/c1-5-23-20(24-13-16-8-9-18(22)12-17(16)14-28-4)25-15-21(10-6-7-11-21)19(27)26(2)3/h8-9,12H,5-7,10-11,13-15H2,1-4H3,(H2,23,24,25). The molecule has 0 unspecified atom stereocenters. The Morgan fingerprint density at radius 3 is 2.57 bits per heavy atom. The lowest BCUT2D eigenvalue weighted by Gasteiger charge is -2.31. The molecule has 0 aliphatic heterocycles. The number of halogens is 1. The Morgan fingerprint density at radius 2 is 1.96 bits per heavy atom. The van der Waals surface area contributed by atoms with Crippen LogP contribution in [-0.4, -0.2) is 50.2 Å². The number of hydrogen-bond acceptors (Lipinski definition) is 3. The number of guanidine groups is 1. The van der Waals surface area contributed by atoms with E-state index in [0.29, 0.717) is 19.0 Å². The second-order valence-electron chi connectivity index (χ2n) is 7.58. The Hall–Kier alpha value is -1.76. The smallest absolute Gasteiger partial charge is 0.230 e. The number of rotatable bonds is 8. The first-order valence-corrected chi connectivity index (χ1v) is 11.3. The number of aliphatic imine (C=N–C) groups is 1. The summed E-state index contributed by atoms with van der Waals surface area (Å²) in [4.78, 5) is 19.1. The molecule has 7 heteroatoms. The molecule has 28 heavy (non-hydrogen) atoms. The molecule has 1 aromatic carbocycles. The normalized spacial score (nSPS) is 16.1. The molecule has 5 nitrogen and oxygen atoms in total. The first-order valence-electron chi connectivity index (χ1n) is 9.92. The van der Waals surface area contributed by atoms with Crippen LogP contribution in [0, 0.1) is 11.2 Å². The number of carbonyl (C=O) groups excluding carboxylic acids is 1. The van der Waals surface area contributed by atoms with Crippen LogP contribution in [0.1, 0.15) is 43.7 Å². The lowest BCUT2D eigenvalue weighted by molar-refractivity contribution is -0.138. The molecule has 2 N–H and O–H groups in total. The molecule has 156 valence electrons. The predicted molar refractivity (Wildman–Crippen MR) is 116 cm³/mol. The molecule has 1 amide bonds. The van der Waals surface area contributed by atoms with Crippen molar-refractivity contribution in [3.05, 3.63) is 35.1 Å². The van der Waals surface area contributed by atoms with Crippen LogP contribution in [0.5, 0.6) is 0 Å². The number of hydrogen-bond donors (Lipinski definition) is 2. The van der Waals surface area contributed by atoms with Crippen LogP contribution in [-0.2, 0) is 17.1 Å². The largest absolute Gasteiger partial charge is 0.357 e. The highest BCUT2D eigenvalue weighted by molar-refractivity contribution is 7.97. The Morgan fingerprint density at radius 1 is 1.25 bits per heavy atom. The summed E-state index contributed by atoms with van der Waals surface area (Å²) in [5.41, 5.74) is 1.65. The SMILES string of the molecule is CCNC(=NCc1ccc(F)cc1CSC)NCC1(C(=O)N(C)C)CCCC1. The molecule has 0 saturated heterocycles. The van der Waals surface area contributed by atoms with Gasteiger partial charge in [-0.15, -0.1) is 0 Å². The molecule has 0 bridgehead atoms. The predicted octanol–water partition coefficient (Wildman–Crippen LogP) is 3.39. The number of carbonyl (C=O) groups is 1. The number of thioether (sulfide) groups is 1. The monoisotopic (exact) mass is 408 g/mol. The lowest BCUT2D eigenvalue weighted by atomic mass is 9.84. The van der Waals surface area contributed by atoms with Gasteiger partial charge in [-0.25, -0.2) is 9.38 Å². The first-order chi connectivity index (χ1) is 13.4. The molecule has 0 spiro atoms. The van der Waals surface area contributed by atoms with Crippen molar-refractivity contribution >= 4 is 23.6 Å². The van der Waals surface area contributed by atoms with E-state index in [-0.39, 0.29) is 17.1 Å². The van der Waals surface area contributed by atoms with Crippen molar-refractivity contribution in [2.45, 2.75) is 44.9 Å². The van der Waals surface area contributed by atoms with E-state index in [1.54, 1.807) is 22.7 Å². The number of benzene rings is 1. The summed E-state index contributed by atoms with van der Waals surface area (Å²) in [6.45, 7) is 3.81. The number of nitrogens with one attached hydrogen (secondary N) is 2. The van der Waals surface area contributed by atoms with Crippen LogP contribution in [0.15, 0.2) is 23.2 Å². The third-order valence-corrected chi connectivity index (χ3v) is 5.83. The van der Waals surface area contributed by atoms with Crippen LogP contribution in [0.2, 0.25) is 0 Å². The number of nitrogens with zero attached hydrogens (tertiary/aromatic N) is 2. The molecule has 0 atom stereocenters. The molecule has 0 radical (unpaired) electrons. The minimum Gasteiger partial charge on any atom is -0.357 e. The van der Waals surface area contributed by atoms with Gasteiger partial charge in [0.25, 0.3) is 0 Å². The summed E-state index contributed by atoms with van der Waals surface area (Å²) in [6.07, 6.45) is 6.00. The molecule has 1 aromatic rings. The van der Waals surface area contributed by atoms with Crippen LogP contribution >= 0.6 is 11.8 Å². The molecular formula is C21H33FN4OS. The van der Waals surface area contributed by atoms with Crippen molar-refractivity contribution in [3.63, 3.8) is 0 Å². The molecule has 0 aromatic heterocycles. The zero-order chi connectivity index (χ0) is 20.6. The first kappa shape index (κ1) is 22.5. The third kappa shape index (κ3) is 5.87. The quantitative estimate of drug-likeness (QED) is 0.511. The Labute approximate surface area is 172 Å². The molecule has 1 fully saturated rings. The van der Waals surface area contributed by atoms with Gasteiger partial charge < -0.3 is 15.5 Å². The zero-order valence-corrected chi connectivity index (χ0v) is 18.3. The molecule has 0 heterocycles. The van der Waals surface area contributed by atoms with Gasteiger partial charge in [0.15, 0.2) is 5.96 Å². The van der Waals surface area contributed by atoms with Crippen LogP contribution in [0.3, 0.4) is 0 Å². The van der Waals surface area contributed by atoms with Crippen LogP contribution in [0.25, 0.3) is 0 Å². The maximum atomic E-state index is 13.6.